The number of ether oxygens (including phenoxy) is 1. The molecule has 6 nitrogen and oxygen atoms in total. The molecule has 0 saturated carbocycles. The van der Waals surface area contributed by atoms with E-state index in [2.05, 4.69) is 31.2 Å². The Morgan fingerprint density at radius 3 is 2.85 bits per heavy atom. The van der Waals surface area contributed by atoms with Gasteiger partial charge in [-0.3, -0.25) is 4.68 Å². The molecule has 2 aromatic heterocycles. The second kappa shape index (κ2) is 4.90. The number of aryl methyl sites for hydroxylation is 1. The molecule has 0 aliphatic rings. The maximum atomic E-state index is 8.69. The standard InChI is InChI=1S/C13H8BrN5O/c1-19-7-8-4-9(14)5-11(13(8)18-19)20-12-3-2-10(6-15)16-17-12/h2-5,7H,1H3. The molecule has 1 aromatic carbocycles. The summed E-state index contributed by atoms with van der Waals surface area (Å²) in [6, 6.07) is 8.83. The summed E-state index contributed by atoms with van der Waals surface area (Å²) in [4.78, 5) is 0. The zero-order valence-corrected chi connectivity index (χ0v) is 12.0. The van der Waals surface area contributed by atoms with E-state index in [-0.39, 0.29) is 5.69 Å². The second-order valence-electron chi connectivity index (χ2n) is 4.12. The molecule has 0 saturated heterocycles. The summed E-state index contributed by atoms with van der Waals surface area (Å²) < 4.78 is 8.30. The number of aromatic nitrogens is 4. The van der Waals surface area contributed by atoms with Gasteiger partial charge >= 0.3 is 0 Å². The number of benzene rings is 1. The highest BCUT2D eigenvalue weighted by atomic mass is 79.9. The minimum absolute atomic E-state index is 0.245. The third-order valence-electron chi connectivity index (χ3n) is 2.62. The summed E-state index contributed by atoms with van der Waals surface area (Å²) in [7, 11) is 1.85. The number of nitriles is 1. The van der Waals surface area contributed by atoms with Crippen LogP contribution in [-0.4, -0.2) is 20.0 Å². The van der Waals surface area contributed by atoms with Crippen molar-refractivity contribution >= 4 is 26.8 Å². The van der Waals surface area contributed by atoms with Crippen molar-refractivity contribution in [2.75, 3.05) is 0 Å². The molecular weight excluding hydrogens is 322 g/mol. The second-order valence-corrected chi connectivity index (χ2v) is 5.03. The molecule has 0 radical (unpaired) electrons. The molecule has 0 N–H and O–H groups in total. The molecule has 98 valence electrons. The average Bonchev–Trinajstić information content (AvgIpc) is 2.80. The normalized spacial score (nSPS) is 10.4. The van der Waals surface area contributed by atoms with Crippen LogP contribution < -0.4 is 4.74 Å². The van der Waals surface area contributed by atoms with Crippen molar-refractivity contribution < 1.29 is 4.74 Å². The van der Waals surface area contributed by atoms with Gasteiger partial charge in [-0.15, -0.1) is 10.2 Å². The van der Waals surface area contributed by atoms with Crippen LogP contribution >= 0.6 is 15.9 Å². The lowest BCUT2D eigenvalue weighted by molar-refractivity contribution is 0.458. The van der Waals surface area contributed by atoms with E-state index in [1.807, 2.05) is 31.4 Å². The van der Waals surface area contributed by atoms with Gasteiger partial charge in [0, 0.05) is 29.2 Å². The third kappa shape index (κ3) is 2.33. The van der Waals surface area contributed by atoms with Gasteiger partial charge in [0.25, 0.3) is 0 Å². The average molecular weight is 330 g/mol. The van der Waals surface area contributed by atoms with Gasteiger partial charge in [0.1, 0.15) is 11.6 Å². The Bertz CT molecular complexity index is 819. The topological polar surface area (TPSA) is 76.6 Å². The molecule has 0 aliphatic carbocycles. The summed E-state index contributed by atoms with van der Waals surface area (Å²) in [6.45, 7) is 0. The Labute approximate surface area is 122 Å². The maximum absolute atomic E-state index is 8.69. The van der Waals surface area contributed by atoms with E-state index >= 15 is 0 Å². The third-order valence-corrected chi connectivity index (χ3v) is 3.08. The molecule has 0 amide bonds. The minimum atomic E-state index is 0.245. The lowest BCUT2D eigenvalue weighted by Gasteiger charge is -2.05. The van der Waals surface area contributed by atoms with Crippen LogP contribution in [-0.2, 0) is 7.05 Å². The van der Waals surface area contributed by atoms with E-state index in [1.54, 1.807) is 16.8 Å². The van der Waals surface area contributed by atoms with Crippen LogP contribution in [0.4, 0.5) is 0 Å². The SMILES string of the molecule is Cn1cc2cc(Br)cc(Oc3ccc(C#N)nn3)c2n1. The fraction of sp³-hybridized carbons (Fsp3) is 0.0769. The fourth-order valence-electron chi connectivity index (χ4n) is 1.81. The van der Waals surface area contributed by atoms with Crippen molar-refractivity contribution in [3.8, 4) is 17.7 Å². The van der Waals surface area contributed by atoms with Gasteiger partial charge in [-0.2, -0.15) is 10.4 Å². The van der Waals surface area contributed by atoms with Gasteiger partial charge in [-0.05, 0) is 18.2 Å². The summed E-state index contributed by atoms with van der Waals surface area (Å²) in [6.07, 6.45) is 1.90. The van der Waals surface area contributed by atoms with Crippen LogP contribution in [0.1, 0.15) is 5.69 Å². The van der Waals surface area contributed by atoms with Crippen LogP contribution in [0.2, 0.25) is 0 Å². The van der Waals surface area contributed by atoms with E-state index in [1.165, 1.54) is 0 Å². The monoisotopic (exact) mass is 329 g/mol. The van der Waals surface area contributed by atoms with E-state index < -0.39 is 0 Å². The number of nitrogens with zero attached hydrogens (tertiary/aromatic N) is 5. The van der Waals surface area contributed by atoms with Gasteiger partial charge in [-0.25, -0.2) is 0 Å². The smallest absolute Gasteiger partial charge is 0.239 e. The lowest BCUT2D eigenvalue weighted by Crippen LogP contribution is -1.93. The molecule has 3 rings (SSSR count). The fourth-order valence-corrected chi connectivity index (χ4v) is 2.27. The van der Waals surface area contributed by atoms with Gasteiger partial charge in [0.05, 0.1) is 0 Å². The highest BCUT2D eigenvalue weighted by molar-refractivity contribution is 9.10. The summed E-state index contributed by atoms with van der Waals surface area (Å²) in [5.41, 5.74) is 0.983. The molecule has 0 aliphatic heterocycles. The van der Waals surface area contributed by atoms with E-state index in [9.17, 15) is 0 Å². The number of fused-ring (bicyclic) bond motifs is 1. The molecular formula is C13H8BrN5O. The zero-order valence-electron chi connectivity index (χ0n) is 10.4. The van der Waals surface area contributed by atoms with Crippen molar-refractivity contribution in [2.45, 2.75) is 0 Å². The Morgan fingerprint density at radius 2 is 2.15 bits per heavy atom. The van der Waals surface area contributed by atoms with Crippen LogP contribution in [0, 0.1) is 11.3 Å². The molecule has 3 aromatic rings. The number of halogens is 1. The molecule has 20 heavy (non-hydrogen) atoms. The van der Waals surface area contributed by atoms with Crippen molar-refractivity contribution in [3.63, 3.8) is 0 Å². The molecule has 7 heteroatoms. The Hall–Kier alpha value is -2.46. The first-order valence-electron chi connectivity index (χ1n) is 5.70. The van der Waals surface area contributed by atoms with Crippen molar-refractivity contribution in [1.29, 1.82) is 5.26 Å². The minimum Gasteiger partial charge on any atom is -0.435 e. The highest BCUT2D eigenvalue weighted by Gasteiger charge is 2.10. The predicted octanol–water partition coefficient (Wildman–Crippen LogP) is 2.79. The van der Waals surface area contributed by atoms with Gasteiger partial charge < -0.3 is 4.74 Å². The molecule has 0 spiro atoms. The zero-order chi connectivity index (χ0) is 14.1. The van der Waals surface area contributed by atoms with Crippen LogP contribution in [0.3, 0.4) is 0 Å². The van der Waals surface area contributed by atoms with E-state index in [0.29, 0.717) is 11.6 Å². The Kier molecular flexibility index (Phi) is 3.08. The summed E-state index contributed by atoms with van der Waals surface area (Å²) in [5, 5.41) is 21.6. The molecule has 0 unspecified atom stereocenters. The van der Waals surface area contributed by atoms with Crippen LogP contribution in [0.5, 0.6) is 11.6 Å². The van der Waals surface area contributed by atoms with Crippen LogP contribution in [0.15, 0.2) is 34.9 Å². The van der Waals surface area contributed by atoms with E-state index in [0.717, 1.165) is 15.4 Å². The first-order chi connectivity index (χ1) is 9.65. The first kappa shape index (κ1) is 12.6. The largest absolute Gasteiger partial charge is 0.435 e. The molecule has 2 heterocycles. The van der Waals surface area contributed by atoms with Gasteiger partial charge in [-0.1, -0.05) is 15.9 Å². The number of rotatable bonds is 2. The maximum Gasteiger partial charge on any atom is 0.239 e. The summed E-state index contributed by atoms with van der Waals surface area (Å²) in [5.74, 6) is 0.892. The predicted molar refractivity (Wildman–Crippen MR) is 75.2 cm³/mol. The van der Waals surface area contributed by atoms with Gasteiger partial charge in [0.15, 0.2) is 11.4 Å². The Morgan fingerprint density at radius 1 is 1.30 bits per heavy atom. The lowest BCUT2D eigenvalue weighted by atomic mass is 10.2. The summed E-state index contributed by atoms with van der Waals surface area (Å²) >= 11 is 3.43. The number of hydrogen-bond donors (Lipinski definition) is 0. The van der Waals surface area contributed by atoms with Crippen molar-refractivity contribution in [1.82, 2.24) is 20.0 Å². The van der Waals surface area contributed by atoms with Crippen LogP contribution in [0.25, 0.3) is 10.9 Å². The quantitative estimate of drug-likeness (QED) is 0.722. The van der Waals surface area contributed by atoms with E-state index in [4.69, 9.17) is 10.00 Å². The highest BCUT2D eigenvalue weighted by Crippen LogP contribution is 2.31. The molecule has 0 fully saturated rings. The van der Waals surface area contributed by atoms with Crippen molar-refractivity contribution in [3.05, 3.63) is 40.6 Å². The first-order valence-corrected chi connectivity index (χ1v) is 6.49. The van der Waals surface area contributed by atoms with Crippen molar-refractivity contribution in [2.24, 2.45) is 7.05 Å². The molecule has 0 bridgehead atoms. The molecule has 0 atom stereocenters. The van der Waals surface area contributed by atoms with Gasteiger partial charge in [0.2, 0.25) is 5.88 Å². The Balaban J connectivity index is 2.03. The number of hydrogen-bond acceptors (Lipinski definition) is 5.